The third-order valence-electron chi connectivity index (χ3n) is 4.80. The molecule has 0 aliphatic heterocycles. The van der Waals surface area contributed by atoms with E-state index < -0.39 is 0 Å². The van der Waals surface area contributed by atoms with E-state index in [-0.39, 0.29) is 12.3 Å². The highest BCUT2D eigenvalue weighted by Crippen LogP contribution is 2.38. The van der Waals surface area contributed by atoms with Gasteiger partial charge in [-0.2, -0.15) is 0 Å². The molecule has 8 nitrogen and oxygen atoms in total. The maximum Gasteiger partial charge on any atom is 0.226 e. The molecule has 0 aliphatic carbocycles. The minimum Gasteiger partial charge on any atom is -0.493 e. The summed E-state index contributed by atoms with van der Waals surface area (Å²) in [6.45, 7) is 0. The van der Waals surface area contributed by atoms with Gasteiger partial charge in [-0.05, 0) is 42.3 Å². The fourth-order valence-corrected chi connectivity index (χ4v) is 3.91. The van der Waals surface area contributed by atoms with Crippen LogP contribution in [-0.4, -0.2) is 46.4 Å². The Bertz CT molecular complexity index is 1060. The number of methoxy groups -OCH3 is 5. The van der Waals surface area contributed by atoms with Crippen molar-refractivity contribution in [2.45, 2.75) is 12.8 Å². The number of hydrogen-bond donors (Lipinski definition) is 1. The summed E-state index contributed by atoms with van der Waals surface area (Å²) in [7, 11) is 7.85. The fraction of sp³-hybridized carbons (Fsp3) is 0.304. The molecule has 32 heavy (non-hydrogen) atoms. The van der Waals surface area contributed by atoms with Crippen molar-refractivity contribution in [3.05, 3.63) is 41.3 Å². The Morgan fingerprint density at radius 2 is 1.53 bits per heavy atom. The summed E-state index contributed by atoms with van der Waals surface area (Å²) in [6, 6.07) is 9.25. The van der Waals surface area contributed by atoms with Gasteiger partial charge in [0.1, 0.15) is 0 Å². The van der Waals surface area contributed by atoms with Gasteiger partial charge in [0.15, 0.2) is 28.1 Å². The van der Waals surface area contributed by atoms with E-state index in [2.05, 4.69) is 10.3 Å². The van der Waals surface area contributed by atoms with Crippen LogP contribution in [0.2, 0.25) is 0 Å². The molecule has 1 heterocycles. The summed E-state index contributed by atoms with van der Waals surface area (Å²) in [4.78, 5) is 17.0. The van der Waals surface area contributed by atoms with Crippen LogP contribution in [0.3, 0.4) is 0 Å². The average Bonchev–Trinajstić information content (AvgIpc) is 3.29. The lowest BCUT2D eigenvalue weighted by molar-refractivity contribution is -0.116. The zero-order valence-electron chi connectivity index (χ0n) is 18.7. The maximum atomic E-state index is 12.5. The number of aromatic nitrogens is 1. The molecule has 0 saturated carbocycles. The lowest BCUT2D eigenvalue weighted by atomic mass is 10.1. The molecular formula is C23H26N2O6S. The number of rotatable bonds is 10. The van der Waals surface area contributed by atoms with Crippen LogP contribution in [0, 0.1) is 0 Å². The first-order chi connectivity index (χ1) is 15.5. The Kier molecular flexibility index (Phi) is 7.77. The second-order valence-electron chi connectivity index (χ2n) is 6.69. The molecule has 1 N–H and O–H groups in total. The zero-order chi connectivity index (χ0) is 23.1. The molecule has 3 aromatic rings. The number of aryl methyl sites for hydroxylation is 1. The summed E-state index contributed by atoms with van der Waals surface area (Å²) in [5, 5.41) is 5.28. The standard InChI is InChI=1S/C23H26N2O6S/c1-27-17-8-7-15(12-18(17)28-2)16-13-32-23(24-16)25-21(26)9-6-14-10-19(29-3)22(31-5)20(11-14)30-4/h7-8,10-13H,6,9H2,1-5H3,(H,24,25,26). The Hall–Kier alpha value is -3.46. The molecule has 0 aliphatic rings. The molecule has 0 radical (unpaired) electrons. The molecule has 0 spiro atoms. The zero-order valence-corrected chi connectivity index (χ0v) is 19.5. The van der Waals surface area contributed by atoms with Crippen molar-refractivity contribution in [1.29, 1.82) is 0 Å². The van der Waals surface area contributed by atoms with Crippen molar-refractivity contribution < 1.29 is 28.5 Å². The molecule has 3 rings (SSSR count). The highest BCUT2D eigenvalue weighted by atomic mass is 32.1. The number of carbonyl (C=O) groups is 1. The molecular weight excluding hydrogens is 432 g/mol. The number of nitrogens with one attached hydrogen (secondary N) is 1. The summed E-state index contributed by atoms with van der Waals surface area (Å²) in [5.41, 5.74) is 2.52. The Morgan fingerprint density at radius 1 is 0.875 bits per heavy atom. The Balaban J connectivity index is 1.65. The lowest BCUT2D eigenvalue weighted by Crippen LogP contribution is -2.12. The third kappa shape index (κ3) is 5.23. The molecule has 0 atom stereocenters. The minimum absolute atomic E-state index is 0.132. The molecule has 2 aromatic carbocycles. The summed E-state index contributed by atoms with van der Waals surface area (Å²) in [6.07, 6.45) is 0.792. The first-order valence-corrected chi connectivity index (χ1v) is 10.7. The SMILES string of the molecule is COc1ccc(-c2csc(NC(=O)CCc3cc(OC)c(OC)c(OC)c3)n2)cc1OC. The first kappa shape index (κ1) is 23.2. The van der Waals surface area contributed by atoms with Gasteiger partial charge < -0.3 is 29.0 Å². The van der Waals surface area contributed by atoms with E-state index in [1.807, 2.05) is 35.7 Å². The number of anilines is 1. The smallest absolute Gasteiger partial charge is 0.226 e. The quantitative estimate of drug-likeness (QED) is 0.481. The van der Waals surface area contributed by atoms with Gasteiger partial charge in [0.25, 0.3) is 0 Å². The number of amides is 1. The van der Waals surface area contributed by atoms with E-state index in [4.69, 9.17) is 23.7 Å². The molecule has 170 valence electrons. The van der Waals surface area contributed by atoms with Gasteiger partial charge >= 0.3 is 0 Å². The normalized spacial score (nSPS) is 10.4. The fourth-order valence-electron chi connectivity index (χ4n) is 3.18. The minimum atomic E-state index is -0.132. The van der Waals surface area contributed by atoms with E-state index in [1.54, 1.807) is 35.5 Å². The van der Waals surface area contributed by atoms with Crippen LogP contribution in [-0.2, 0) is 11.2 Å². The number of benzene rings is 2. The van der Waals surface area contributed by atoms with E-state index in [0.717, 1.165) is 16.8 Å². The largest absolute Gasteiger partial charge is 0.493 e. The van der Waals surface area contributed by atoms with E-state index in [9.17, 15) is 4.79 Å². The van der Waals surface area contributed by atoms with Crippen LogP contribution < -0.4 is 29.0 Å². The van der Waals surface area contributed by atoms with Gasteiger partial charge in [0, 0.05) is 17.4 Å². The average molecular weight is 459 g/mol. The van der Waals surface area contributed by atoms with Crippen molar-refractivity contribution >= 4 is 22.4 Å². The highest BCUT2D eigenvalue weighted by Gasteiger charge is 2.15. The molecule has 9 heteroatoms. The number of carbonyl (C=O) groups excluding carboxylic acids is 1. The van der Waals surface area contributed by atoms with Crippen molar-refractivity contribution in [3.63, 3.8) is 0 Å². The summed E-state index contributed by atoms with van der Waals surface area (Å²) < 4.78 is 26.7. The van der Waals surface area contributed by atoms with Crippen molar-refractivity contribution in [2.75, 3.05) is 40.9 Å². The second-order valence-corrected chi connectivity index (χ2v) is 7.55. The van der Waals surface area contributed by atoms with E-state index in [0.29, 0.717) is 40.3 Å². The topological polar surface area (TPSA) is 88.1 Å². The van der Waals surface area contributed by atoms with Gasteiger partial charge in [-0.1, -0.05) is 0 Å². The van der Waals surface area contributed by atoms with E-state index in [1.165, 1.54) is 11.3 Å². The second kappa shape index (κ2) is 10.7. The van der Waals surface area contributed by atoms with Crippen molar-refractivity contribution in [2.24, 2.45) is 0 Å². The summed E-state index contributed by atoms with van der Waals surface area (Å²) >= 11 is 1.36. The van der Waals surface area contributed by atoms with Gasteiger partial charge in [0.05, 0.1) is 41.2 Å². The molecule has 0 saturated heterocycles. The monoisotopic (exact) mass is 458 g/mol. The van der Waals surface area contributed by atoms with Gasteiger partial charge in [0.2, 0.25) is 11.7 Å². The Labute approximate surface area is 191 Å². The molecule has 1 amide bonds. The first-order valence-electron chi connectivity index (χ1n) is 9.79. The molecule has 0 bridgehead atoms. The van der Waals surface area contributed by atoms with Crippen LogP contribution >= 0.6 is 11.3 Å². The van der Waals surface area contributed by atoms with Crippen LogP contribution in [0.1, 0.15) is 12.0 Å². The number of nitrogens with zero attached hydrogens (tertiary/aromatic N) is 1. The predicted octanol–water partition coefficient (Wildman–Crippen LogP) is 4.42. The van der Waals surface area contributed by atoms with Crippen molar-refractivity contribution in [1.82, 2.24) is 4.98 Å². The highest BCUT2D eigenvalue weighted by molar-refractivity contribution is 7.14. The Morgan fingerprint density at radius 3 is 2.12 bits per heavy atom. The number of thiazole rings is 1. The van der Waals surface area contributed by atoms with Gasteiger partial charge in [-0.3, -0.25) is 4.79 Å². The third-order valence-corrected chi connectivity index (χ3v) is 5.55. The van der Waals surface area contributed by atoms with E-state index >= 15 is 0 Å². The van der Waals surface area contributed by atoms with Crippen LogP contribution in [0.4, 0.5) is 5.13 Å². The number of ether oxygens (including phenoxy) is 5. The van der Waals surface area contributed by atoms with Crippen LogP contribution in [0.25, 0.3) is 11.3 Å². The predicted molar refractivity (Wildman–Crippen MR) is 124 cm³/mol. The molecule has 0 unspecified atom stereocenters. The van der Waals surface area contributed by atoms with Gasteiger partial charge in [-0.25, -0.2) is 4.98 Å². The van der Waals surface area contributed by atoms with Crippen LogP contribution in [0.15, 0.2) is 35.7 Å². The van der Waals surface area contributed by atoms with Crippen molar-refractivity contribution in [3.8, 4) is 40.0 Å². The molecule has 0 fully saturated rings. The lowest BCUT2D eigenvalue weighted by Gasteiger charge is -2.14. The van der Waals surface area contributed by atoms with Crippen LogP contribution in [0.5, 0.6) is 28.7 Å². The van der Waals surface area contributed by atoms with Gasteiger partial charge in [-0.15, -0.1) is 11.3 Å². The maximum absolute atomic E-state index is 12.5. The summed E-state index contributed by atoms with van der Waals surface area (Å²) in [5.74, 6) is 2.77. The molecule has 1 aromatic heterocycles. The number of hydrogen-bond acceptors (Lipinski definition) is 8.